The van der Waals surface area contributed by atoms with Gasteiger partial charge in [0.25, 0.3) is 0 Å². The van der Waals surface area contributed by atoms with Crippen LogP contribution in [0.15, 0.2) is 42.5 Å². The number of rotatable bonds is 11. The Hall–Kier alpha value is -2.36. The summed E-state index contributed by atoms with van der Waals surface area (Å²) in [7, 11) is -3.94. The van der Waals surface area contributed by atoms with Crippen LogP contribution in [0.25, 0.3) is 0 Å². The van der Waals surface area contributed by atoms with Gasteiger partial charge in [0.15, 0.2) is 0 Å². The third kappa shape index (κ3) is 7.58. The average Bonchev–Trinajstić information content (AvgIpc) is 2.77. The van der Waals surface area contributed by atoms with Gasteiger partial charge in [0.05, 0.1) is 22.0 Å². The lowest BCUT2D eigenvalue weighted by atomic mass is 10.1. The van der Waals surface area contributed by atoms with Gasteiger partial charge in [0.2, 0.25) is 21.8 Å². The van der Waals surface area contributed by atoms with Crippen LogP contribution in [0.2, 0.25) is 10.0 Å². The Morgan fingerprint density at radius 1 is 1.09 bits per heavy atom. The Morgan fingerprint density at radius 2 is 1.79 bits per heavy atom. The topological polar surface area (TPSA) is 86.8 Å². The Bertz CT molecular complexity index is 1130. The molecule has 0 bridgehead atoms. The second-order valence-electron chi connectivity index (χ2n) is 7.73. The molecule has 0 aliphatic rings. The van der Waals surface area contributed by atoms with Gasteiger partial charge < -0.3 is 10.2 Å². The predicted molar refractivity (Wildman–Crippen MR) is 133 cm³/mol. The molecule has 0 heterocycles. The van der Waals surface area contributed by atoms with Crippen LogP contribution in [-0.4, -0.2) is 50.5 Å². The predicted octanol–water partition coefficient (Wildman–Crippen LogP) is 4.23. The molecule has 0 aliphatic heterocycles. The van der Waals surface area contributed by atoms with Crippen molar-refractivity contribution in [1.29, 1.82) is 0 Å². The van der Waals surface area contributed by atoms with Crippen LogP contribution >= 0.6 is 23.2 Å². The zero-order valence-corrected chi connectivity index (χ0v) is 21.6. The van der Waals surface area contributed by atoms with Crippen LogP contribution in [0.5, 0.6) is 0 Å². The van der Waals surface area contributed by atoms with Gasteiger partial charge >= 0.3 is 0 Å². The van der Waals surface area contributed by atoms with Crippen LogP contribution in [-0.2, 0) is 26.2 Å². The van der Waals surface area contributed by atoms with Gasteiger partial charge in [-0.15, -0.1) is 0 Å². The first-order valence-corrected chi connectivity index (χ1v) is 13.3. The largest absolute Gasteiger partial charge is 0.354 e. The lowest BCUT2D eigenvalue weighted by molar-refractivity contribution is -0.140. The van der Waals surface area contributed by atoms with E-state index in [4.69, 9.17) is 23.2 Å². The molecule has 0 saturated carbocycles. The van der Waals surface area contributed by atoms with E-state index >= 15 is 0 Å². The summed E-state index contributed by atoms with van der Waals surface area (Å²) in [6.07, 6.45) is 1.94. The molecule has 0 radical (unpaired) electrons. The third-order valence-corrected chi connectivity index (χ3v) is 6.93. The summed E-state index contributed by atoms with van der Waals surface area (Å²) in [6.45, 7) is 3.48. The normalized spacial score (nSPS) is 12.2. The number of carbonyl (C=O) groups excluding carboxylic acids is 2. The maximum atomic E-state index is 13.8. The Kier molecular flexibility index (Phi) is 10.1. The molecule has 2 amide bonds. The number of nitrogens with one attached hydrogen (secondary N) is 1. The lowest BCUT2D eigenvalue weighted by Crippen LogP contribution is -2.52. The van der Waals surface area contributed by atoms with Crippen molar-refractivity contribution in [2.24, 2.45) is 0 Å². The first kappa shape index (κ1) is 27.9. The summed E-state index contributed by atoms with van der Waals surface area (Å²) in [4.78, 5) is 27.6. The van der Waals surface area contributed by atoms with Crippen molar-refractivity contribution in [2.75, 3.05) is 23.7 Å². The maximum absolute atomic E-state index is 13.8. The first-order valence-electron chi connectivity index (χ1n) is 10.7. The quantitative estimate of drug-likeness (QED) is 0.469. The molecule has 186 valence electrons. The van der Waals surface area contributed by atoms with E-state index in [9.17, 15) is 22.4 Å². The van der Waals surface area contributed by atoms with E-state index in [0.29, 0.717) is 30.0 Å². The highest BCUT2D eigenvalue weighted by atomic mass is 35.5. The molecule has 7 nitrogen and oxygen atoms in total. The van der Waals surface area contributed by atoms with Crippen molar-refractivity contribution in [2.45, 2.75) is 39.3 Å². The molecule has 0 unspecified atom stereocenters. The van der Waals surface area contributed by atoms with Gasteiger partial charge in [0, 0.05) is 13.1 Å². The minimum atomic E-state index is -3.94. The Labute approximate surface area is 209 Å². The first-order chi connectivity index (χ1) is 16.0. The van der Waals surface area contributed by atoms with Crippen LogP contribution in [0, 0.1) is 5.82 Å². The van der Waals surface area contributed by atoms with Crippen molar-refractivity contribution in [3.63, 3.8) is 0 Å². The fraction of sp³-hybridized carbons (Fsp3) is 0.391. The van der Waals surface area contributed by atoms with E-state index in [1.807, 2.05) is 6.92 Å². The molecule has 0 saturated heterocycles. The molecular formula is C23H28Cl2FN3O4S. The molecule has 0 aliphatic carbocycles. The molecule has 1 atom stereocenters. The number of carbonyl (C=O) groups is 2. The third-order valence-electron chi connectivity index (χ3n) is 5.05. The monoisotopic (exact) mass is 531 g/mol. The zero-order valence-electron chi connectivity index (χ0n) is 19.2. The fourth-order valence-electron chi connectivity index (χ4n) is 3.37. The second-order valence-corrected chi connectivity index (χ2v) is 10.5. The smallest absolute Gasteiger partial charge is 0.244 e. The van der Waals surface area contributed by atoms with Gasteiger partial charge in [-0.25, -0.2) is 12.8 Å². The highest BCUT2D eigenvalue weighted by Gasteiger charge is 2.31. The minimum absolute atomic E-state index is 0.00543. The SMILES string of the molecule is CCCNC(=O)[C@H](CC)N(Cc1ccc(Cl)c(Cl)c1)C(=O)CN(c1cccc(F)c1)S(C)(=O)=O. The summed E-state index contributed by atoms with van der Waals surface area (Å²) >= 11 is 12.1. The molecule has 34 heavy (non-hydrogen) atoms. The average molecular weight is 532 g/mol. The van der Waals surface area contributed by atoms with Crippen LogP contribution in [0.1, 0.15) is 32.3 Å². The van der Waals surface area contributed by atoms with Crippen molar-refractivity contribution < 1.29 is 22.4 Å². The highest BCUT2D eigenvalue weighted by molar-refractivity contribution is 7.92. The van der Waals surface area contributed by atoms with Crippen LogP contribution < -0.4 is 9.62 Å². The van der Waals surface area contributed by atoms with Gasteiger partial charge in [-0.05, 0) is 48.7 Å². The standard InChI is InChI=1S/C23H28Cl2FN3O4S/c1-4-11-27-23(31)21(5-2)28(14-16-9-10-19(24)20(25)12-16)22(30)15-29(34(3,32)33)18-8-6-7-17(26)13-18/h6-10,12-13,21H,4-5,11,14-15H2,1-3H3,(H,27,31)/t21-/m0/s1. The van der Waals surface area contributed by atoms with Crippen molar-refractivity contribution in [1.82, 2.24) is 10.2 Å². The van der Waals surface area contributed by atoms with E-state index < -0.39 is 34.3 Å². The summed E-state index contributed by atoms with van der Waals surface area (Å²) in [5.41, 5.74) is 0.620. The molecule has 1 N–H and O–H groups in total. The maximum Gasteiger partial charge on any atom is 0.244 e. The number of nitrogens with zero attached hydrogens (tertiary/aromatic N) is 2. The van der Waals surface area contributed by atoms with Crippen molar-refractivity contribution in [3.05, 3.63) is 63.9 Å². The number of anilines is 1. The summed E-state index contributed by atoms with van der Waals surface area (Å²) in [5, 5.41) is 3.41. The lowest BCUT2D eigenvalue weighted by Gasteiger charge is -2.33. The summed E-state index contributed by atoms with van der Waals surface area (Å²) < 4.78 is 39.6. The molecule has 11 heteroatoms. The summed E-state index contributed by atoms with van der Waals surface area (Å²) in [6, 6.07) is 8.93. The molecule has 2 aromatic carbocycles. The van der Waals surface area contributed by atoms with Gasteiger partial charge in [-0.1, -0.05) is 49.2 Å². The van der Waals surface area contributed by atoms with E-state index in [0.717, 1.165) is 16.6 Å². The summed E-state index contributed by atoms with van der Waals surface area (Å²) in [5.74, 6) is -1.62. The highest BCUT2D eigenvalue weighted by Crippen LogP contribution is 2.25. The van der Waals surface area contributed by atoms with E-state index in [-0.39, 0.29) is 23.2 Å². The molecule has 0 aromatic heterocycles. The molecule has 0 fully saturated rings. The van der Waals surface area contributed by atoms with Crippen molar-refractivity contribution >= 4 is 50.7 Å². The van der Waals surface area contributed by atoms with E-state index in [2.05, 4.69) is 5.32 Å². The van der Waals surface area contributed by atoms with E-state index in [1.54, 1.807) is 25.1 Å². The Balaban J connectivity index is 2.44. The fourth-order valence-corrected chi connectivity index (χ4v) is 4.53. The number of sulfonamides is 1. The molecular weight excluding hydrogens is 504 g/mol. The number of hydrogen-bond acceptors (Lipinski definition) is 4. The minimum Gasteiger partial charge on any atom is -0.354 e. The zero-order chi connectivity index (χ0) is 25.5. The Morgan fingerprint density at radius 3 is 2.35 bits per heavy atom. The van der Waals surface area contributed by atoms with Gasteiger partial charge in [-0.2, -0.15) is 0 Å². The molecule has 2 rings (SSSR count). The van der Waals surface area contributed by atoms with E-state index in [1.165, 1.54) is 23.1 Å². The van der Waals surface area contributed by atoms with Crippen molar-refractivity contribution in [3.8, 4) is 0 Å². The van der Waals surface area contributed by atoms with Crippen LogP contribution in [0.4, 0.5) is 10.1 Å². The molecule has 0 spiro atoms. The number of hydrogen-bond donors (Lipinski definition) is 1. The molecule has 2 aromatic rings. The second kappa shape index (κ2) is 12.4. The number of halogens is 3. The van der Waals surface area contributed by atoms with Gasteiger partial charge in [-0.3, -0.25) is 13.9 Å². The number of benzene rings is 2. The number of amides is 2. The van der Waals surface area contributed by atoms with Crippen LogP contribution in [0.3, 0.4) is 0 Å². The van der Waals surface area contributed by atoms with Gasteiger partial charge in [0.1, 0.15) is 18.4 Å².